The Morgan fingerprint density at radius 1 is 1.27 bits per heavy atom. The molecule has 82 valence electrons. The largest absolute Gasteiger partial charge is 0.508 e. The number of aliphatic carboxylic acids is 1. The van der Waals surface area contributed by atoms with E-state index in [0.29, 0.717) is 0 Å². The maximum absolute atomic E-state index is 10.6. The van der Waals surface area contributed by atoms with Crippen molar-refractivity contribution in [3.05, 3.63) is 29.8 Å². The SMILES string of the molecule is C[C@H](O[C@H](C)c1ccc(O)cc1)C(=O)O. The molecule has 2 N–H and O–H groups in total. The number of carboxylic acid groups (broad SMARTS) is 1. The predicted molar refractivity (Wildman–Crippen MR) is 54.7 cm³/mol. The van der Waals surface area contributed by atoms with Crippen LogP contribution in [0.25, 0.3) is 0 Å². The minimum atomic E-state index is -0.986. The Balaban J connectivity index is 2.64. The second kappa shape index (κ2) is 4.79. The molecule has 0 aliphatic rings. The summed E-state index contributed by atoms with van der Waals surface area (Å²) in [5.41, 5.74) is 0.834. The van der Waals surface area contributed by atoms with Crippen LogP contribution in [0.1, 0.15) is 25.5 Å². The number of hydrogen-bond acceptors (Lipinski definition) is 3. The first-order chi connectivity index (χ1) is 7.00. The molecule has 0 spiro atoms. The van der Waals surface area contributed by atoms with Gasteiger partial charge in [0.25, 0.3) is 0 Å². The molecular weight excluding hydrogens is 196 g/mol. The molecule has 0 saturated carbocycles. The van der Waals surface area contributed by atoms with Gasteiger partial charge in [-0.1, -0.05) is 12.1 Å². The van der Waals surface area contributed by atoms with E-state index in [2.05, 4.69) is 0 Å². The second-order valence-corrected chi connectivity index (χ2v) is 3.35. The Labute approximate surface area is 88.1 Å². The molecule has 1 aromatic rings. The number of benzene rings is 1. The van der Waals surface area contributed by atoms with E-state index in [1.54, 1.807) is 31.2 Å². The fourth-order valence-corrected chi connectivity index (χ4v) is 1.19. The molecule has 2 atom stereocenters. The highest BCUT2D eigenvalue weighted by Gasteiger charge is 2.16. The smallest absolute Gasteiger partial charge is 0.332 e. The van der Waals surface area contributed by atoms with Crippen LogP contribution in [0.15, 0.2) is 24.3 Å². The normalized spacial score (nSPS) is 14.5. The van der Waals surface area contributed by atoms with Gasteiger partial charge in [-0.2, -0.15) is 0 Å². The van der Waals surface area contributed by atoms with E-state index in [1.165, 1.54) is 6.92 Å². The Bertz CT molecular complexity index is 331. The van der Waals surface area contributed by atoms with Crippen LogP contribution in [-0.4, -0.2) is 22.3 Å². The third-order valence-electron chi connectivity index (χ3n) is 2.12. The summed E-state index contributed by atoms with van der Waals surface area (Å²) in [5.74, 6) is -0.808. The van der Waals surface area contributed by atoms with Crippen molar-refractivity contribution >= 4 is 5.97 Å². The quantitative estimate of drug-likeness (QED) is 0.797. The first-order valence-corrected chi connectivity index (χ1v) is 4.68. The first kappa shape index (κ1) is 11.5. The Hall–Kier alpha value is -1.55. The van der Waals surface area contributed by atoms with E-state index in [4.69, 9.17) is 14.9 Å². The maximum Gasteiger partial charge on any atom is 0.332 e. The fourth-order valence-electron chi connectivity index (χ4n) is 1.19. The van der Waals surface area contributed by atoms with E-state index >= 15 is 0 Å². The molecule has 0 aliphatic heterocycles. The van der Waals surface area contributed by atoms with Gasteiger partial charge in [0, 0.05) is 0 Å². The van der Waals surface area contributed by atoms with Gasteiger partial charge in [-0.25, -0.2) is 4.79 Å². The molecular formula is C11H14O4. The van der Waals surface area contributed by atoms with Gasteiger partial charge in [0.05, 0.1) is 6.10 Å². The van der Waals surface area contributed by atoms with Gasteiger partial charge >= 0.3 is 5.97 Å². The molecule has 0 amide bonds. The lowest BCUT2D eigenvalue weighted by Crippen LogP contribution is -2.21. The standard InChI is InChI=1S/C11H14O4/c1-7(15-8(2)11(13)14)9-3-5-10(12)6-4-9/h3-8,12H,1-2H3,(H,13,14)/t7-,8+/m1/s1. The van der Waals surface area contributed by atoms with Crippen LogP contribution in [0.3, 0.4) is 0 Å². The molecule has 4 nitrogen and oxygen atoms in total. The maximum atomic E-state index is 10.6. The van der Waals surface area contributed by atoms with E-state index in [0.717, 1.165) is 5.56 Å². The average molecular weight is 210 g/mol. The van der Waals surface area contributed by atoms with Crippen LogP contribution in [0.2, 0.25) is 0 Å². The summed E-state index contributed by atoms with van der Waals surface area (Å²) >= 11 is 0. The van der Waals surface area contributed by atoms with Crippen molar-refractivity contribution < 1.29 is 19.7 Å². The van der Waals surface area contributed by atoms with Crippen LogP contribution < -0.4 is 0 Å². The zero-order valence-corrected chi connectivity index (χ0v) is 8.68. The molecule has 0 radical (unpaired) electrons. The highest BCUT2D eigenvalue weighted by atomic mass is 16.5. The lowest BCUT2D eigenvalue weighted by atomic mass is 10.1. The fraction of sp³-hybridized carbons (Fsp3) is 0.364. The van der Waals surface area contributed by atoms with Crippen molar-refractivity contribution in [2.75, 3.05) is 0 Å². The number of phenolic OH excluding ortho intramolecular Hbond substituents is 1. The summed E-state index contributed by atoms with van der Waals surface area (Å²) in [7, 11) is 0. The number of aromatic hydroxyl groups is 1. The Morgan fingerprint density at radius 3 is 2.27 bits per heavy atom. The summed E-state index contributed by atoms with van der Waals surface area (Å²) < 4.78 is 5.26. The van der Waals surface area contributed by atoms with Gasteiger partial charge in [-0.3, -0.25) is 0 Å². The average Bonchev–Trinajstić information content (AvgIpc) is 2.18. The van der Waals surface area contributed by atoms with Gasteiger partial charge in [0.2, 0.25) is 0 Å². The zero-order chi connectivity index (χ0) is 11.4. The van der Waals surface area contributed by atoms with Crippen LogP contribution in [-0.2, 0) is 9.53 Å². The van der Waals surface area contributed by atoms with Crippen molar-refractivity contribution in [1.82, 2.24) is 0 Å². The highest BCUT2D eigenvalue weighted by Crippen LogP contribution is 2.20. The van der Waals surface area contributed by atoms with Crippen LogP contribution >= 0.6 is 0 Å². The Morgan fingerprint density at radius 2 is 1.80 bits per heavy atom. The molecule has 0 fully saturated rings. The molecule has 0 aromatic heterocycles. The van der Waals surface area contributed by atoms with Gasteiger partial charge < -0.3 is 14.9 Å². The lowest BCUT2D eigenvalue weighted by molar-refractivity contribution is -0.152. The third-order valence-corrected chi connectivity index (χ3v) is 2.12. The minimum Gasteiger partial charge on any atom is -0.508 e. The highest BCUT2D eigenvalue weighted by molar-refractivity contribution is 5.71. The summed E-state index contributed by atoms with van der Waals surface area (Å²) in [6.07, 6.45) is -1.15. The summed E-state index contributed by atoms with van der Waals surface area (Å²) in [5, 5.41) is 17.7. The van der Waals surface area contributed by atoms with E-state index in [1.807, 2.05) is 0 Å². The molecule has 1 aromatic carbocycles. The van der Waals surface area contributed by atoms with Crippen molar-refractivity contribution in [2.24, 2.45) is 0 Å². The molecule has 0 saturated heterocycles. The van der Waals surface area contributed by atoms with Gasteiger partial charge in [0.15, 0.2) is 6.10 Å². The van der Waals surface area contributed by atoms with Gasteiger partial charge in [0.1, 0.15) is 5.75 Å². The number of phenols is 1. The summed E-state index contributed by atoms with van der Waals surface area (Å²) in [4.78, 5) is 10.6. The van der Waals surface area contributed by atoms with Crippen molar-refractivity contribution in [3.63, 3.8) is 0 Å². The number of ether oxygens (including phenoxy) is 1. The van der Waals surface area contributed by atoms with Crippen LogP contribution in [0.5, 0.6) is 5.75 Å². The van der Waals surface area contributed by atoms with Crippen LogP contribution in [0, 0.1) is 0 Å². The van der Waals surface area contributed by atoms with E-state index < -0.39 is 12.1 Å². The molecule has 0 heterocycles. The minimum absolute atomic E-state index is 0.178. The third kappa shape index (κ3) is 3.25. The lowest BCUT2D eigenvalue weighted by Gasteiger charge is -2.16. The number of rotatable bonds is 4. The number of carbonyl (C=O) groups is 1. The van der Waals surface area contributed by atoms with Gasteiger partial charge in [-0.05, 0) is 31.5 Å². The molecule has 0 unspecified atom stereocenters. The van der Waals surface area contributed by atoms with E-state index in [9.17, 15) is 4.79 Å². The topological polar surface area (TPSA) is 66.8 Å². The van der Waals surface area contributed by atoms with Crippen LogP contribution in [0.4, 0.5) is 0 Å². The first-order valence-electron chi connectivity index (χ1n) is 4.68. The van der Waals surface area contributed by atoms with Crippen molar-refractivity contribution in [1.29, 1.82) is 0 Å². The van der Waals surface area contributed by atoms with Crippen molar-refractivity contribution in [2.45, 2.75) is 26.1 Å². The molecule has 0 aliphatic carbocycles. The molecule has 4 heteroatoms. The number of carboxylic acids is 1. The Kier molecular flexibility index (Phi) is 3.68. The second-order valence-electron chi connectivity index (χ2n) is 3.35. The predicted octanol–water partition coefficient (Wildman–Crippen LogP) is 1.94. The van der Waals surface area contributed by atoms with Gasteiger partial charge in [-0.15, -0.1) is 0 Å². The summed E-state index contributed by atoms with van der Waals surface area (Å²) in [6, 6.07) is 6.49. The van der Waals surface area contributed by atoms with E-state index in [-0.39, 0.29) is 11.9 Å². The zero-order valence-electron chi connectivity index (χ0n) is 8.68. The molecule has 15 heavy (non-hydrogen) atoms. The van der Waals surface area contributed by atoms with Crippen molar-refractivity contribution in [3.8, 4) is 5.75 Å². The monoisotopic (exact) mass is 210 g/mol. The molecule has 1 rings (SSSR count). The number of hydrogen-bond donors (Lipinski definition) is 2. The molecule has 0 bridgehead atoms. The summed E-state index contributed by atoms with van der Waals surface area (Å²) in [6.45, 7) is 3.26.